The molecule has 2 rings (SSSR count). The summed E-state index contributed by atoms with van der Waals surface area (Å²) in [6.45, 7) is 3.81. The highest BCUT2D eigenvalue weighted by atomic mass is 16.2. The highest BCUT2D eigenvalue weighted by Gasteiger charge is 2.25. The number of nitrogens with zero attached hydrogens (tertiary/aromatic N) is 2. The first-order valence-electron chi connectivity index (χ1n) is 8.41. The lowest BCUT2D eigenvalue weighted by molar-refractivity contribution is -0.141. The second-order valence-corrected chi connectivity index (χ2v) is 6.34. The van der Waals surface area contributed by atoms with Crippen LogP contribution < -0.4 is 5.32 Å². The maximum atomic E-state index is 12.4. The van der Waals surface area contributed by atoms with E-state index in [0.29, 0.717) is 13.0 Å². The number of hydrogen-bond donors (Lipinski definition) is 1. The first-order chi connectivity index (χ1) is 10.2. The Kier molecular flexibility index (Phi) is 6.49. The Morgan fingerprint density at radius 3 is 2.67 bits per heavy atom. The van der Waals surface area contributed by atoms with Crippen LogP contribution in [0.5, 0.6) is 0 Å². The van der Waals surface area contributed by atoms with E-state index < -0.39 is 0 Å². The lowest BCUT2D eigenvalue weighted by atomic mass is 9.93. The molecule has 0 saturated carbocycles. The van der Waals surface area contributed by atoms with Crippen molar-refractivity contribution in [3.8, 4) is 0 Å². The lowest BCUT2D eigenvalue weighted by Gasteiger charge is -2.33. The van der Waals surface area contributed by atoms with Gasteiger partial charge in [0.2, 0.25) is 11.8 Å². The van der Waals surface area contributed by atoms with E-state index in [1.165, 1.54) is 6.42 Å². The summed E-state index contributed by atoms with van der Waals surface area (Å²) in [6, 6.07) is 0. The molecule has 2 saturated heterocycles. The minimum Gasteiger partial charge on any atom is -0.341 e. The molecule has 0 aromatic carbocycles. The summed E-state index contributed by atoms with van der Waals surface area (Å²) in [7, 11) is 1.98. The molecule has 2 fully saturated rings. The van der Waals surface area contributed by atoms with Crippen molar-refractivity contribution in [2.75, 3.05) is 39.8 Å². The second kappa shape index (κ2) is 8.37. The standard InChI is InChI=1S/C16H29N3O2/c1-17-9-6-14-7-11-18(12-8-14)16(21)13-19-10-4-2-3-5-15(19)20/h14,17H,2-13H2,1H3. The molecular formula is C16H29N3O2. The molecule has 1 N–H and O–H groups in total. The van der Waals surface area contributed by atoms with Gasteiger partial charge in [-0.2, -0.15) is 0 Å². The van der Waals surface area contributed by atoms with Gasteiger partial charge in [-0.3, -0.25) is 9.59 Å². The van der Waals surface area contributed by atoms with Crippen molar-refractivity contribution < 1.29 is 9.59 Å². The summed E-state index contributed by atoms with van der Waals surface area (Å²) < 4.78 is 0. The van der Waals surface area contributed by atoms with Crippen LogP contribution in [0.1, 0.15) is 44.9 Å². The third kappa shape index (κ3) is 4.99. The zero-order valence-corrected chi connectivity index (χ0v) is 13.3. The average Bonchev–Trinajstić information content (AvgIpc) is 2.70. The Hall–Kier alpha value is -1.10. The van der Waals surface area contributed by atoms with Gasteiger partial charge < -0.3 is 15.1 Å². The third-order valence-electron chi connectivity index (χ3n) is 4.77. The van der Waals surface area contributed by atoms with Crippen LogP contribution >= 0.6 is 0 Å². The second-order valence-electron chi connectivity index (χ2n) is 6.34. The van der Waals surface area contributed by atoms with E-state index in [4.69, 9.17) is 0 Å². The predicted molar refractivity (Wildman–Crippen MR) is 82.9 cm³/mol. The van der Waals surface area contributed by atoms with Gasteiger partial charge >= 0.3 is 0 Å². The first-order valence-corrected chi connectivity index (χ1v) is 8.41. The fourth-order valence-electron chi connectivity index (χ4n) is 3.29. The molecule has 0 spiro atoms. The summed E-state index contributed by atoms with van der Waals surface area (Å²) in [4.78, 5) is 28.0. The molecule has 0 bridgehead atoms. The molecule has 5 heteroatoms. The topological polar surface area (TPSA) is 52.7 Å². The van der Waals surface area contributed by atoms with Gasteiger partial charge in [0.15, 0.2) is 0 Å². The van der Waals surface area contributed by atoms with Crippen molar-refractivity contribution in [3.05, 3.63) is 0 Å². The van der Waals surface area contributed by atoms with Crippen LogP contribution in [0.3, 0.4) is 0 Å². The SMILES string of the molecule is CNCCC1CCN(C(=O)CN2CCCCCC2=O)CC1. The number of likely N-dealkylation sites (tertiary alicyclic amines) is 2. The van der Waals surface area contributed by atoms with Gasteiger partial charge in [-0.25, -0.2) is 0 Å². The van der Waals surface area contributed by atoms with Crippen LogP contribution in [0, 0.1) is 5.92 Å². The van der Waals surface area contributed by atoms with Crippen LogP contribution in [-0.2, 0) is 9.59 Å². The molecule has 2 aliphatic rings. The van der Waals surface area contributed by atoms with Crippen molar-refractivity contribution in [2.24, 2.45) is 5.92 Å². The molecular weight excluding hydrogens is 266 g/mol. The zero-order chi connectivity index (χ0) is 15.1. The summed E-state index contributed by atoms with van der Waals surface area (Å²) in [5.41, 5.74) is 0. The molecule has 2 amide bonds. The number of piperidine rings is 1. The molecule has 21 heavy (non-hydrogen) atoms. The number of amides is 2. The minimum atomic E-state index is 0.136. The van der Waals surface area contributed by atoms with Crippen LogP contribution in [-0.4, -0.2) is 61.4 Å². The number of nitrogens with one attached hydrogen (secondary N) is 1. The van der Waals surface area contributed by atoms with Crippen LogP contribution in [0.2, 0.25) is 0 Å². The van der Waals surface area contributed by atoms with E-state index in [0.717, 1.165) is 64.2 Å². The summed E-state index contributed by atoms with van der Waals surface area (Å²) in [5.74, 6) is 1.03. The van der Waals surface area contributed by atoms with Crippen LogP contribution in [0.25, 0.3) is 0 Å². The Morgan fingerprint density at radius 1 is 1.19 bits per heavy atom. The van der Waals surface area contributed by atoms with E-state index >= 15 is 0 Å². The Balaban J connectivity index is 1.75. The predicted octanol–water partition coefficient (Wildman–Crippen LogP) is 1.24. The van der Waals surface area contributed by atoms with Crippen molar-refractivity contribution in [1.82, 2.24) is 15.1 Å². The number of carbonyl (C=O) groups excluding carboxylic acids is 2. The number of rotatable bonds is 5. The van der Waals surface area contributed by atoms with Gasteiger partial charge in [0.05, 0.1) is 6.54 Å². The molecule has 2 heterocycles. The highest BCUT2D eigenvalue weighted by Crippen LogP contribution is 2.20. The van der Waals surface area contributed by atoms with E-state index in [2.05, 4.69) is 5.32 Å². The molecule has 5 nitrogen and oxygen atoms in total. The highest BCUT2D eigenvalue weighted by molar-refractivity contribution is 5.85. The molecule has 0 atom stereocenters. The van der Waals surface area contributed by atoms with Crippen molar-refractivity contribution in [2.45, 2.75) is 44.9 Å². The molecule has 0 unspecified atom stereocenters. The maximum Gasteiger partial charge on any atom is 0.242 e. The fourth-order valence-corrected chi connectivity index (χ4v) is 3.29. The summed E-state index contributed by atoms with van der Waals surface area (Å²) in [5, 5.41) is 3.19. The quantitative estimate of drug-likeness (QED) is 0.830. The van der Waals surface area contributed by atoms with Crippen molar-refractivity contribution in [1.29, 1.82) is 0 Å². The molecule has 0 aliphatic carbocycles. The monoisotopic (exact) mass is 295 g/mol. The van der Waals surface area contributed by atoms with Crippen LogP contribution in [0.15, 0.2) is 0 Å². The Labute approximate surface area is 128 Å². The van der Waals surface area contributed by atoms with E-state index in [1.807, 2.05) is 11.9 Å². The van der Waals surface area contributed by atoms with E-state index in [9.17, 15) is 9.59 Å². The summed E-state index contributed by atoms with van der Waals surface area (Å²) in [6.07, 6.45) is 7.12. The fraction of sp³-hybridized carbons (Fsp3) is 0.875. The average molecular weight is 295 g/mol. The normalized spacial score (nSPS) is 21.5. The minimum absolute atomic E-state index is 0.136. The smallest absolute Gasteiger partial charge is 0.242 e. The van der Waals surface area contributed by atoms with Gasteiger partial charge in [0.1, 0.15) is 0 Å². The van der Waals surface area contributed by atoms with Crippen molar-refractivity contribution >= 4 is 11.8 Å². The first kappa shape index (κ1) is 16.3. The molecule has 0 aromatic heterocycles. The lowest BCUT2D eigenvalue weighted by Crippen LogP contribution is -2.45. The van der Waals surface area contributed by atoms with Gasteiger partial charge in [0.25, 0.3) is 0 Å². The molecule has 0 aromatic rings. The van der Waals surface area contributed by atoms with Crippen molar-refractivity contribution in [3.63, 3.8) is 0 Å². The number of hydrogen-bond acceptors (Lipinski definition) is 3. The Bertz CT molecular complexity index is 351. The summed E-state index contributed by atoms with van der Waals surface area (Å²) >= 11 is 0. The van der Waals surface area contributed by atoms with E-state index in [1.54, 1.807) is 4.90 Å². The van der Waals surface area contributed by atoms with Gasteiger partial charge in [0, 0.05) is 26.1 Å². The molecule has 120 valence electrons. The van der Waals surface area contributed by atoms with Gasteiger partial charge in [-0.1, -0.05) is 6.42 Å². The third-order valence-corrected chi connectivity index (χ3v) is 4.77. The number of carbonyl (C=O) groups is 2. The maximum absolute atomic E-state index is 12.4. The van der Waals surface area contributed by atoms with E-state index in [-0.39, 0.29) is 11.8 Å². The molecule has 2 aliphatic heterocycles. The van der Waals surface area contributed by atoms with Gasteiger partial charge in [-0.15, -0.1) is 0 Å². The molecule has 0 radical (unpaired) electrons. The van der Waals surface area contributed by atoms with Crippen LogP contribution in [0.4, 0.5) is 0 Å². The Morgan fingerprint density at radius 2 is 1.95 bits per heavy atom. The zero-order valence-electron chi connectivity index (χ0n) is 13.3. The van der Waals surface area contributed by atoms with Gasteiger partial charge in [-0.05, 0) is 51.6 Å². The largest absolute Gasteiger partial charge is 0.341 e.